The maximum absolute atomic E-state index is 13.6. The van der Waals surface area contributed by atoms with E-state index in [1.807, 2.05) is 13.1 Å². The number of ether oxygens (including phenoxy) is 1. The number of carbonyl (C=O) groups excluding carboxylic acids is 1. The Morgan fingerprint density at radius 1 is 1.27 bits per heavy atom. The van der Waals surface area contributed by atoms with Crippen LogP contribution in [-0.4, -0.2) is 43.0 Å². The molecule has 164 valence electrons. The predicted octanol–water partition coefficient (Wildman–Crippen LogP) is 4.67. The molecular weight excluding hydrogens is 374 g/mol. The van der Waals surface area contributed by atoms with Gasteiger partial charge in [0.1, 0.15) is 5.75 Å². The minimum absolute atomic E-state index is 0.148. The molecule has 1 aromatic carbocycles. The molecule has 4 rings (SSSR count). The first-order chi connectivity index (χ1) is 14.5. The van der Waals surface area contributed by atoms with E-state index in [9.17, 15) is 4.79 Å². The number of aromatic nitrogens is 1. The summed E-state index contributed by atoms with van der Waals surface area (Å²) >= 11 is 0. The van der Waals surface area contributed by atoms with Gasteiger partial charge in [0.05, 0.1) is 13.2 Å². The van der Waals surface area contributed by atoms with Crippen LogP contribution in [-0.2, 0) is 11.2 Å². The maximum Gasteiger partial charge on any atom is 0.226 e. The third kappa shape index (κ3) is 4.09. The number of hydrogen-bond acceptors (Lipinski definition) is 3. The Morgan fingerprint density at radius 3 is 2.70 bits per heavy atom. The number of nitrogens with zero attached hydrogens (tertiary/aromatic N) is 1. The number of amides is 1. The molecule has 1 fully saturated rings. The molecule has 1 aromatic heterocycles. The zero-order chi connectivity index (χ0) is 21.3. The van der Waals surface area contributed by atoms with E-state index in [1.165, 1.54) is 16.6 Å². The Morgan fingerprint density at radius 2 is 2.03 bits per heavy atom. The van der Waals surface area contributed by atoms with Gasteiger partial charge in [-0.2, -0.15) is 0 Å². The van der Waals surface area contributed by atoms with E-state index in [-0.39, 0.29) is 12.0 Å². The fourth-order valence-electron chi connectivity index (χ4n) is 5.57. The lowest BCUT2D eigenvalue weighted by Crippen LogP contribution is -2.44. The van der Waals surface area contributed by atoms with Gasteiger partial charge in [0.25, 0.3) is 0 Å². The summed E-state index contributed by atoms with van der Waals surface area (Å²) in [5, 5.41) is 4.57. The van der Waals surface area contributed by atoms with E-state index in [0.29, 0.717) is 11.8 Å². The quantitative estimate of drug-likeness (QED) is 0.726. The van der Waals surface area contributed by atoms with Crippen molar-refractivity contribution in [1.82, 2.24) is 15.2 Å². The lowest BCUT2D eigenvalue weighted by molar-refractivity contribution is -0.140. The van der Waals surface area contributed by atoms with Gasteiger partial charge in [-0.1, -0.05) is 13.8 Å². The van der Waals surface area contributed by atoms with Crippen LogP contribution < -0.4 is 10.1 Å². The molecule has 1 unspecified atom stereocenters. The van der Waals surface area contributed by atoms with Crippen molar-refractivity contribution in [3.63, 3.8) is 0 Å². The van der Waals surface area contributed by atoms with Gasteiger partial charge in [-0.05, 0) is 81.6 Å². The molecule has 2 heterocycles. The molecule has 0 saturated heterocycles. The number of H-pyrrole nitrogens is 1. The van der Waals surface area contributed by atoms with Crippen molar-refractivity contribution in [1.29, 1.82) is 0 Å². The average molecular weight is 412 g/mol. The summed E-state index contributed by atoms with van der Waals surface area (Å²) in [6.07, 6.45) is 6.32. The number of aromatic amines is 1. The largest absolute Gasteiger partial charge is 0.497 e. The number of fused-ring (bicyclic) bond motifs is 3. The van der Waals surface area contributed by atoms with E-state index in [4.69, 9.17) is 4.74 Å². The number of nitrogens with one attached hydrogen (secondary N) is 2. The number of rotatable bonds is 6. The van der Waals surface area contributed by atoms with Crippen LogP contribution in [0.1, 0.15) is 63.3 Å². The molecule has 5 heteroatoms. The fraction of sp³-hybridized carbons (Fsp3) is 0.640. The van der Waals surface area contributed by atoms with Crippen LogP contribution in [0.25, 0.3) is 10.9 Å². The van der Waals surface area contributed by atoms with Gasteiger partial charge in [0, 0.05) is 35.1 Å². The summed E-state index contributed by atoms with van der Waals surface area (Å²) in [5.41, 5.74) is 3.76. The molecule has 1 aliphatic heterocycles. The second-order valence-corrected chi connectivity index (χ2v) is 9.63. The molecule has 1 atom stereocenters. The Kier molecular flexibility index (Phi) is 6.37. The van der Waals surface area contributed by atoms with Crippen molar-refractivity contribution in [3.05, 3.63) is 29.5 Å². The van der Waals surface area contributed by atoms with Crippen molar-refractivity contribution >= 4 is 16.8 Å². The van der Waals surface area contributed by atoms with Crippen molar-refractivity contribution < 1.29 is 9.53 Å². The molecule has 1 saturated carbocycles. The van der Waals surface area contributed by atoms with Crippen LogP contribution in [0.4, 0.5) is 0 Å². The van der Waals surface area contributed by atoms with Crippen molar-refractivity contribution in [2.45, 2.75) is 58.4 Å². The number of benzene rings is 1. The van der Waals surface area contributed by atoms with Gasteiger partial charge < -0.3 is 19.9 Å². The third-order valence-electron chi connectivity index (χ3n) is 7.13. The van der Waals surface area contributed by atoms with Crippen LogP contribution in [0.3, 0.4) is 0 Å². The summed E-state index contributed by atoms with van der Waals surface area (Å²) < 4.78 is 5.42. The number of carbonyl (C=O) groups is 1. The van der Waals surface area contributed by atoms with E-state index in [0.717, 1.165) is 68.8 Å². The molecule has 0 bridgehead atoms. The normalized spacial score (nSPS) is 24.3. The van der Waals surface area contributed by atoms with Crippen molar-refractivity contribution in [2.75, 3.05) is 27.2 Å². The van der Waals surface area contributed by atoms with E-state index < -0.39 is 0 Å². The van der Waals surface area contributed by atoms with E-state index >= 15 is 0 Å². The summed E-state index contributed by atoms with van der Waals surface area (Å²) in [6.45, 7) is 6.41. The Balaban J connectivity index is 1.59. The number of methoxy groups -OCH3 is 1. The topological polar surface area (TPSA) is 57.4 Å². The zero-order valence-corrected chi connectivity index (χ0v) is 19.0. The summed E-state index contributed by atoms with van der Waals surface area (Å²) in [6, 6.07) is 6.43. The monoisotopic (exact) mass is 411 g/mol. The highest BCUT2D eigenvalue weighted by Crippen LogP contribution is 2.40. The Bertz CT molecular complexity index is 880. The summed E-state index contributed by atoms with van der Waals surface area (Å²) in [4.78, 5) is 19.5. The predicted molar refractivity (Wildman–Crippen MR) is 122 cm³/mol. The molecule has 2 N–H and O–H groups in total. The Labute approximate surface area is 180 Å². The summed E-state index contributed by atoms with van der Waals surface area (Å²) in [7, 11) is 3.73. The highest BCUT2D eigenvalue weighted by atomic mass is 16.5. The van der Waals surface area contributed by atoms with Crippen LogP contribution in [0.5, 0.6) is 5.75 Å². The van der Waals surface area contributed by atoms with Crippen LogP contribution in [0, 0.1) is 17.8 Å². The second-order valence-electron chi connectivity index (χ2n) is 9.63. The highest BCUT2D eigenvalue weighted by Gasteiger charge is 2.37. The molecule has 0 radical (unpaired) electrons. The smallest absolute Gasteiger partial charge is 0.226 e. The summed E-state index contributed by atoms with van der Waals surface area (Å²) in [5.74, 6) is 2.70. The van der Waals surface area contributed by atoms with Gasteiger partial charge in [-0.15, -0.1) is 0 Å². The van der Waals surface area contributed by atoms with Gasteiger partial charge in [0.15, 0.2) is 0 Å². The van der Waals surface area contributed by atoms with E-state index in [1.54, 1.807) is 7.11 Å². The molecule has 2 aliphatic rings. The zero-order valence-electron chi connectivity index (χ0n) is 19.0. The minimum atomic E-state index is 0.148. The first-order valence-corrected chi connectivity index (χ1v) is 11.6. The van der Waals surface area contributed by atoms with Crippen LogP contribution >= 0.6 is 0 Å². The van der Waals surface area contributed by atoms with Crippen molar-refractivity contribution in [2.24, 2.45) is 17.8 Å². The fourth-order valence-corrected chi connectivity index (χ4v) is 5.57. The van der Waals surface area contributed by atoms with Gasteiger partial charge in [0.2, 0.25) is 5.91 Å². The maximum atomic E-state index is 13.6. The molecule has 2 aromatic rings. The molecule has 1 aliphatic carbocycles. The molecule has 5 nitrogen and oxygen atoms in total. The van der Waals surface area contributed by atoms with E-state index in [2.05, 4.69) is 41.2 Å². The first-order valence-electron chi connectivity index (χ1n) is 11.6. The second kappa shape index (κ2) is 9.01. The lowest BCUT2D eigenvalue weighted by atomic mass is 9.80. The highest BCUT2D eigenvalue weighted by molar-refractivity contribution is 5.87. The SMILES string of the molecule is CNCC1CCC(C(=O)N2CCc3c([nH]c4cc(OC)ccc34)C2CC(C)C)CC1. The number of hydrogen-bond donors (Lipinski definition) is 2. The average Bonchev–Trinajstić information content (AvgIpc) is 3.12. The van der Waals surface area contributed by atoms with Crippen molar-refractivity contribution in [3.8, 4) is 5.75 Å². The Hall–Kier alpha value is -2.01. The van der Waals surface area contributed by atoms with Gasteiger partial charge in [-0.3, -0.25) is 4.79 Å². The van der Waals surface area contributed by atoms with Crippen LogP contribution in [0.2, 0.25) is 0 Å². The first kappa shape index (κ1) is 21.2. The van der Waals surface area contributed by atoms with Gasteiger partial charge in [-0.25, -0.2) is 0 Å². The third-order valence-corrected chi connectivity index (χ3v) is 7.13. The van der Waals surface area contributed by atoms with Gasteiger partial charge >= 0.3 is 0 Å². The lowest BCUT2D eigenvalue weighted by Gasteiger charge is -2.40. The standard InChI is InChI=1S/C25H37N3O2/c1-16(2)13-23-24-21(20-10-9-19(30-4)14-22(20)27-24)11-12-28(23)25(29)18-7-5-17(6-8-18)15-26-3/h9-10,14,16-18,23,26-27H,5-8,11-13,15H2,1-4H3. The molecule has 0 spiro atoms. The minimum Gasteiger partial charge on any atom is -0.497 e. The molecule has 1 amide bonds. The van der Waals surface area contributed by atoms with Crippen LogP contribution in [0.15, 0.2) is 18.2 Å². The molecule has 30 heavy (non-hydrogen) atoms. The molecular formula is C25H37N3O2.